The van der Waals surface area contributed by atoms with E-state index in [-0.39, 0.29) is 5.69 Å². The maximum Gasteiger partial charge on any atom is 0.270 e. The van der Waals surface area contributed by atoms with Crippen LogP contribution in [-0.2, 0) is 0 Å². The molecule has 0 saturated carbocycles. The van der Waals surface area contributed by atoms with Gasteiger partial charge in [-0.3, -0.25) is 9.20 Å². The number of carbonyl (C=O) groups excluding carboxylic acids is 1. The lowest BCUT2D eigenvalue weighted by Crippen LogP contribution is -2.29. The van der Waals surface area contributed by atoms with Gasteiger partial charge in [0.05, 0.1) is 12.7 Å². The Balaban J connectivity index is 1.51. The van der Waals surface area contributed by atoms with E-state index in [1.54, 1.807) is 4.40 Å². The third-order valence-electron chi connectivity index (χ3n) is 6.00. The first-order chi connectivity index (χ1) is 16.0. The summed E-state index contributed by atoms with van der Waals surface area (Å²) in [6, 6.07) is 5.93. The number of imidazole rings is 1. The molecule has 2 N–H and O–H groups in total. The summed E-state index contributed by atoms with van der Waals surface area (Å²) in [5, 5.41) is 5.56. The summed E-state index contributed by atoms with van der Waals surface area (Å²) in [7, 11) is 2.11. The Morgan fingerprint density at radius 3 is 2.88 bits per heavy atom. The Bertz CT molecular complexity index is 1280. The van der Waals surface area contributed by atoms with E-state index in [2.05, 4.69) is 50.8 Å². The molecule has 0 saturated heterocycles. The van der Waals surface area contributed by atoms with Gasteiger partial charge in [-0.05, 0) is 53.9 Å². The van der Waals surface area contributed by atoms with Crippen molar-refractivity contribution >= 4 is 28.5 Å². The van der Waals surface area contributed by atoms with E-state index >= 15 is 0 Å². The van der Waals surface area contributed by atoms with Crippen molar-refractivity contribution in [3.63, 3.8) is 0 Å². The minimum absolute atomic E-state index is 0.214. The van der Waals surface area contributed by atoms with Crippen molar-refractivity contribution in [2.45, 2.75) is 12.8 Å². The predicted molar refractivity (Wildman–Crippen MR) is 123 cm³/mol. The van der Waals surface area contributed by atoms with E-state index < -0.39 is 18.9 Å². The Labute approximate surface area is 189 Å². The normalized spacial score (nSPS) is 16.2. The van der Waals surface area contributed by atoms with Gasteiger partial charge >= 0.3 is 0 Å². The highest BCUT2D eigenvalue weighted by atomic mass is 19.3. The van der Waals surface area contributed by atoms with E-state index in [0.717, 1.165) is 47.6 Å². The average Bonchev–Trinajstić information content (AvgIpc) is 3.25. The van der Waals surface area contributed by atoms with Gasteiger partial charge in [0.1, 0.15) is 17.2 Å². The molecule has 5 rings (SSSR count). The minimum atomic E-state index is -2.61. The number of alkyl halides is 2. The number of hydrogen-bond acceptors (Lipinski definition) is 5. The molecule has 9 heteroatoms. The highest BCUT2D eigenvalue weighted by molar-refractivity contribution is 5.94. The van der Waals surface area contributed by atoms with Crippen LogP contribution in [0, 0.1) is 0 Å². The summed E-state index contributed by atoms with van der Waals surface area (Å²) in [6.45, 7) is 1.86. The van der Waals surface area contributed by atoms with Crippen LogP contribution >= 0.6 is 0 Å². The van der Waals surface area contributed by atoms with E-state index in [1.165, 1.54) is 11.8 Å². The Kier molecular flexibility index (Phi) is 5.63. The number of hydrogen-bond donors (Lipinski definition) is 2. The number of fused-ring (bicyclic) bond motifs is 2. The number of carbonyl (C=O) groups is 1. The minimum Gasteiger partial charge on any atom is -0.366 e. The molecule has 2 aliphatic rings. The lowest BCUT2D eigenvalue weighted by atomic mass is 9.93. The molecule has 0 bridgehead atoms. The van der Waals surface area contributed by atoms with Gasteiger partial charge in [0.2, 0.25) is 0 Å². The zero-order valence-corrected chi connectivity index (χ0v) is 18.2. The second-order valence-electron chi connectivity index (χ2n) is 8.25. The highest BCUT2D eigenvalue weighted by Crippen LogP contribution is 2.34. The van der Waals surface area contributed by atoms with Gasteiger partial charge in [-0.15, -0.1) is 0 Å². The Morgan fingerprint density at radius 1 is 1.21 bits per heavy atom. The number of anilines is 1. The molecule has 0 radical (unpaired) electrons. The average molecular weight is 450 g/mol. The standard InChI is InChI=1S/C24H24F2N6O/c1-31-8-5-15(6-9-31)17-10-19-18(4-7-27-23(19)29-11-17)16-2-3-22-28-12-20(32(22)14-16)24(33)30-13-21(25)26/h2-5,10-12,14,21H,6-9,13H2,1H3,(H,27,29)(H,30,33). The third-order valence-corrected chi connectivity index (χ3v) is 6.00. The van der Waals surface area contributed by atoms with Gasteiger partial charge in [-0.2, -0.15) is 0 Å². The molecule has 7 nitrogen and oxygen atoms in total. The zero-order chi connectivity index (χ0) is 22.9. The molecule has 1 amide bonds. The van der Waals surface area contributed by atoms with E-state index in [0.29, 0.717) is 12.2 Å². The van der Waals surface area contributed by atoms with Crippen LogP contribution < -0.4 is 10.6 Å². The fourth-order valence-corrected chi connectivity index (χ4v) is 4.22. The first kappa shape index (κ1) is 21.3. The number of nitrogens with one attached hydrogen (secondary N) is 2. The first-order valence-electron chi connectivity index (χ1n) is 10.9. The van der Waals surface area contributed by atoms with Crippen molar-refractivity contribution in [2.75, 3.05) is 38.5 Å². The van der Waals surface area contributed by atoms with Crippen molar-refractivity contribution in [3.8, 4) is 0 Å². The fourth-order valence-electron chi connectivity index (χ4n) is 4.22. The number of aromatic nitrogens is 3. The number of rotatable bonds is 5. The molecule has 0 spiro atoms. The molecule has 5 heterocycles. The van der Waals surface area contributed by atoms with Crippen molar-refractivity contribution in [2.24, 2.45) is 0 Å². The van der Waals surface area contributed by atoms with Crippen LogP contribution in [0.1, 0.15) is 33.6 Å². The Hall–Kier alpha value is -3.59. The number of amides is 1. The van der Waals surface area contributed by atoms with Crippen molar-refractivity contribution in [1.29, 1.82) is 0 Å². The van der Waals surface area contributed by atoms with Crippen molar-refractivity contribution in [3.05, 3.63) is 71.3 Å². The second-order valence-corrected chi connectivity index (χ2v) is 8.25. The van der Waals surface area contributed by atoms with E-state index in [4.69, 9.17) is 0 Å². The maximum atomic E-state index is 12.5. The molecule has 0 atom stereocenters. The number of halogens is 2. The molecule has 0 aromatic carbocycles. The molecule has 0 aliphatic carbocycles. The molecule has 33 heavy (non-hydrogen) atoms. The van der Waals surface area contributed by atoms with Crippen LogP contribution in [0.25, 0.3) is 16.8 Å². The monoisotopic (exact) mass is 450 g/mol. The van der Waals surface area contributed by atoms with Gasteiger partial charge in [0, 0.05) is 37.6 Å². The van der Waals surface area contributed by atoms with Crippen LogP contribution in [-0.4, -0.2) is 64.8 Å². The summed E-state index contributed by atoms with van der Waals surface area (Å²) < 4.78 is 26.7. The smallest absolute Gasteiger partial charge is 0.270 e. The Morgan fingerprint density at radius 2 is 2.09 bits per heavy atom. The summed E-state index contributed by atoms with van der Waals surface area (Å²) in [5.74, 6) is 0.225. The van der Waals surface area contributed by atoms with Gasteiger partial charge in [0.15, 0.2) is 0 Å². The fraction of sp³-hybridized carbons (Fsp3) is 0.292. The van der Waals surface area contributed by atoms with Crippen LogP contribution in [0.4, 0.5) is 14.6 Å². The third kappa shape index (κ3) is 4.23. The quantitative estimate of drug-likeness (QED) is 0.624. The number of nitrogens with zero attached hydrogens (tertiary/aromatic N) is 4. The molecule has 3 aromatic heterocycles. The molecule has 3 aromatic rings. The highest BCUT2D eigenvalue weighted by Gasteiger charge is 2.20. The number of pyridine rings is 2. The lowest BCUT2D eigenvalue weighted by molar-refractivity contribution is 0.0886. The first-order valence-corrected chi connectivity index (χ1v) is 10.9. The van der Waals surface area contributed by atoms with Crippen LogP contribution in [0.2, 0.25) is 0 Å². The topological polar surface area (TPSA) is 74.6 Å². The number of likely N-dealkylation sites (N-methyl/N-ethyl adjacent to an activating group) is 1. The molecular weight excluding hydrogens is 426 g/mol. The van der Waals surface area contributed by atoms with Gasteiger partial charge in [-0.1, -0.05) is 12.2 Å². The zero-order valence-electron chi connectivity index (χ0n) is 18.2. The largest absolute Gasteiger partial charge is 0.366 e. The van der Waals surface area contributed by atoms with E-state index in [9.17, 15) is 13.6 Å². The van der Waals surface area contributed by atoms with Crippen molar-refractivity contribution in [1.82, 2.24) is 24.6 Å². The molecule has 170 valence electrons. The maximum absolute atomic E-state index is 12.5. The molecule has 2 aliphatic heterocycles. The summed E-state index contributed by atoms with van der Waals surface area (Å²) in [6.07, 6.45) is 7.83. The molecule has 0 fully saturated rings. The van der Waals surface area contributed by atoms with Crippen LogP contribution in [0.5, 0.6) is 0 Å². The summed E-state index contributed by atoms with van der Waals surface area (Å²) in [4.78, 5) is 23.6. The summed E-state index contributed by atoms with van der Waals surface area (Å²) >= 11 is 0. The molecule has 0 unspecified atom stereocenters. The van der Waals surface area contributed by atoms with Crippen molar-refractivity contribution < 1.29 is 13.6 Å². The summed E-state index contributed by atoms with van der Waals surface area (Å²) in [5.41, 5.74) is 6.05. The van der Waals surface area contributed by atoms with Crippen LogP contribution in [0.3, 0.4) is 0 Å². The molecular formula is C24H24F2N6O. The van der Waals surface area contributed by atoms with Gasteiger partial charge in [0.25, 0.3) is 12.3 Å². The SMILES string of the molecule is CN1CC=C(c2cnc3c(c2)C(c2ccc4ncc(C(=O)NCC(F)F)n4c2)=CCN3)CC1. The predicted octanol–water partition coefficient (Wildman–Crippen LogP) is 3.30. The van der Waals surface area contributed by atoms with Crippen LogP contribution in [0.15, 0.2) is 48.9 Å². The lowest BCUT2D eigenvalue weighted by Gasteiger charge is -2.24. The second kappa shape index (κ2) is 8.74. The van der Waals surface area contributed by atoms with Gasteiger partial charge < -0.3 is 15.5 Å². The van der Waals surface area contributed by atoms with E-state index in [1.807, 2.05) is 24.5 Å². The van der Waals surface area contributed by atoms with Gasteiger partial charge in [-0.25, -0.2) is 18.7 Å².